The van der Waals surface area contributed by atoms with Crippen LogP contribution in [0.3, 0.4) is 0 Å². The number of nitrogens with two attached hydrogens (primary N) is 2. The Morgan fingerprint density at radius 3 is 2.89 bits per heavy atom. The average molecular weight is 266 g/mol. The average Bonchev–Trinajstić information content (AvgIpc) is 2.64. The van der Waals surface area contributed by atoms with Crippen molar-refractivity contribution in [2.24, 2.45) is 23.5 Å². The summed E-state index contributed by atoms with van der Waals surface area (Å²) in [5, 5.41) is 5.45. The van der Waals surface area contributed by atoms with Crippen molar-refractivity contribution >= 4 is 34.4 Å². The Hall–Kier alpha value is -2.08. The van der Waals surface area contributed by atoms with Crippen molar-refractivity contribution in [2.45, 2.75) is 6.42 Å². The standard InChI is InChI=1S/C11H12ClN5O/c1-17-9-3-2-8(12)6(7(9)5-15-17)4-10(18)16-11(13)14/h2-3,5H,4H2,1H3,(H4,13,14,16,18). The lowest BCUT2D eigenvalue weighted by atomic mass is 10.1. The van der Waals surface area contributed by atoms with E-state index in [-0.39, 0.29) is 12.4 Å². The summed E-state index contributed by atoms with van der Waals surface area (Å²) in [6.45, 7) is 0. The lowest BCUT2D eigenvalue weighted by Crippen LogP contribution is -2.24. The molecule has 0 aliphatic rings. The van der Waals surface area contributed by atoms with E-state index < -0.39 is 5.91 Å². The van der Waals surface area contributed by atoms with E-state index in [0.29, 0.717) is 10.6 Å². The Kier molecular flexibility index (Phi) is 3.20. The monoisotopic (exact) mass is 265 g/mol. The predicted octanol–water partition coefficient (Wildman–Crippen LogP) is 0.569. The molecule has 1 heterocycles. The van der Waals surface area contributed by atoms with Crippen LogP contribution in [0.1, 0.15) is 5.56 Å². The molecular weight excluding hydrogens is 254 g/mol. The number of carbonyl (C=O) groups is 1. The Bertz CT molecular complexity index is 642. The van der Waals surface area contributed by atoms with E-state index in [1.54, 1.807) is 16.9 Å². The zero-order valence-corrected chi connectivity index (χ0v) is 10.5. The summed E-state index contributed by atoms with van der Waals surface area (Å²) in [5.41, 5.74) is 11.9. The van der Waals surface area contributed by atoms with Crippen LogP contribution in [0.4, 0.5) is 0 Å². The minimum absolute atomic E-state index is 0.0414. The Morgan fingerprint density at radius 1 is 1.50 bits per heavy atom. The second-order valence-corrected chi connectivity index (χ2v) is 4.24. The van der Waals surface area contributed by atoms with Crippen LogP contribution in [0.15, 0.2) is 23.3 Å². The fourth-order valence-corrected chi connectivity index (χ4v) is 2.00. The van der Waals surface area contributed by atoms with E-state index >= 15 is 0 Å². The van der Waals surface area contributed by atoms with Crippen LogP contribution in [-0.2, 0) is 18.3 Å². The van der Waals surface area contributed by atoms with Gasteiger partial charge in [-0.2, -0.15) is 10.1 Å². The third kappa shape index (κ3) is 2.28. The van der Waals surface area contributed by atoms with Gasteiger partial charge >= 0.3 is 0 Å². The second-order valence-electron chi connectivity index (χ2n) is 3.83. The van der Waals surface area contributed by atoms with Gasteiger partial charge in [0.25, 0.3) is 5.91 Å². The second kappa shape index (κ2) is 4.66. The number of rotatable bonds is 2. The first-order chi connectivity index (χ1) is 8.49. The summed E-state index contributed by atoms with van der Waals surface area (Å²) in [7, 11) is 1.82. The highest BCUT2D eigenvalue weighted by Crippen LogP contribution is 2.26. The van der Waals surface area contributed by atoms with Gasteiger partial charge in [-0.1, -0.05) is 11.6 Å². The molecule has 94 valence electrons. The number of aryl methyl sites for hydroxylation is 1. The van der Waals surface area contributed by atoms with Crippen molar-refractivity contribution in [2.75, 3.05) is 0 Å². The van der Waals surface area contributed by atoms with Crippen molar-refractivity contribution in [3.8, 4) is 0 Å². The van der Waals surface area contributed by atoms with Crippen LogP contribution in [0.25, 0.3) is 10.9 Å². The van der Waals surface area contributed by atoms with Crippen molar-refractivity contribution in [3.05, 3.63) is 28.9 Å². The number of aliphatic imine (C=N–C) groups is 1. The SMILES string of the molecule is Cn1ncc2c(CC(=O)N=C(N)N)c(Cl)ccc21. The molecule has 2 aromatic rings. The molecule has 0 radical (unpaired) electrons. The minimum atomic E-state index is -0.437. The van der Waals surface area contributed by atoms with Crippen LogP contribution in [0.2, 0.25) is 5.02 Å². The van der Waals surface area contributed by atoms with Crippen molar-refractivity contribution in [1.82, 2.24) is 9.78 Å². The van der Waals surface area contributed by atoms with Crippen molar-refractivity contribution in [3.63, 3.8) is 0 Å². The number of fused-ring (bicyclic) bond motifs is 1. The van der Waals surface area contributed by atoms with Gasteiger partial charge in [0.2, 0.25) is 0 Å². The number of aromatic nitrogens is 2. The summed E-state index contributed by atoms with van der Waals surface area (Å²) < 4.78 is 1.71. The first-order valence-electron chi connectivity index (χ1n) is 5.20. The molecule has 6 nitrogen and oxygen atoms in total. The summed E-state index contributed by atoms with van der Waals surface area (Å²) in [6, 6.07) is 3.57. The molecule has 0 saturated heterocycles. The smallest absolute Gasteiger partial charge is 0.253 e. The Labute approximate surface area is 108 Å². The molecule has 1 amide bonds. The molecule has 4 N–H and O–H groups in total. The fraction of sp³-hybridized carbons (Fsp3) is 0.182. The molecule has 7 heteroatoms. The molecule has 0 fully saturated rings. The maximum atomic E-state index is 11.6. The zero-order valence-electron chi connectivity index (χ0n) is 9.72. The van der Waals surface area contributed by atoms with Gasteiger partial charge in [0.1, 0.15) is 0 Å². The predicted molar refractivity (Wildman–Crippen MR) is 70.2 cm³/mol. The third-order valence-electron chi connectivity index (χ3n) is 2.57. The van der Waals surface area contributed by atoms with E-state index in [9.17, 15) is 4.79 Å². The molecule has 0 atom stereocenters. The quantitative estimate of drug-likeness (QED) is 0.612. The molecule has 1 aromatic heterocycles. The maximum Gasteiger partial charge on any atom is 0.253 e. The molecule has 0 saturated carbocycles. The number of amides is 1. The lowest BCUT2D eigenvalue weighted by molar-refractivity contribution is -0.117. The highest BCUT2D eigenvalue weighted by molar-refractivity contribution is 6.32. The molecule has 1 aromatic carbocycles. The van der Waals surface area contributed by atoms with E-state index in [1.165, 1.54) is 0 Å². The van der Waals surface area contributed by atoms with Gasteiger partial charge in [0, 0.05) is 17.5 Å². The third-order valence-corrected chi connectivity index (χ3v) is 2.92. The molecule has 0 aliphatic heterocycles. The lowest BCUT2D eigenvalue weighted by Gasteiger charge is -2.04. The normalized spacial score (nSPS) is 10.6. The topological polar surface area (TPSA) is 99.3 Å². The number of halogens is 1. The molecule has 0 spiro atoms. The van der Waals surface area contributed by atoms with Gasteiger partial charge in [-0.3, -0.25) is 9.48 Å². The first kappa shape index (κ1) is 12.4. The number of guanidine groups is 1. The van der Waals surface area contributed by atoms with E-state index in [4.69, 9.17) is 23.1 Å². The number of hydrogen-bond acceptors (Lipinski definition) is 2. The fourth-order valence-electron chi connectivity index (χ4n) is 1.77. The number of nitrogens with zero attached hydrogens (tertiary/aromatic N) is 3. The van der Waals surface area contributed by atoms with Crippen LogP contribution >= 0.6 is 11.6 Å². The summed E-state index contributed by atoms with van der Waals surface area (Å²) >= 11 is 6.09. The number of benzene rings is 1. The maximum absolute atomic E-state index is 11.6. The van der Waals surface area contributed by atoms with Gasteiger partial charge in [0.05, 0.1) is 18.1 Å². The molecule has 18 heavy (non-hydrogen) atoms. The van der Waals surface area contributed by atoms with E-state index in [0.717, 1.165) is 10.9 Å². The summed E-state index contributed by atoms with van der Waals surface area (Å²) in [5.74, 6) is -0.692. The summed E-state index contributed by atoms with van der Waals surface area (Å²) in [6.07, 6.45) is 1.71. The largest absolute Gasteiger partial charge is 0.370 e. The van der Waals surface area contributed by atoms with Crippen LogP contribution in [-0.4, -0.2) is 21.6 Å². The van der Waals surface area contributed by atoms with Crippen LogP contribution < -0.4 is 11.5 Å². The molecule has 0 bridgehead atoms. The van der Waals surface area contributed by atoms with Gasteiger partial charge in [0.15, 0.2) is 5.96 Å². The Morgan fingerprint density at radius 2 is 2.22 bits per heavy atom. The van der Waals surface area contributed by atoms with Gasteiger partial charge < -0.3 is 11.5 Å². The highest BCUT2D eigenvalue weighted by Gasteiger charge is 2.13. The van der Waals surface area contributed by atoms with E-state index in [1.807, 2.05) is 13.1 Å². The highest BCUT2D eigenvalue weighted by atomic mass is 35.5. The minimum Gasteiger partial charge on any atom is -0.370 e. The Balaban J connectivity index is 2.47. The van der Waals surface area contributed by atoms with Gasteiger partial charge in [-0.05, 0) is 17.7 Å². The van der Waals surface area contributed by atoms with Crippen LogP contribution in [0, 0.1) is 0 Å². The molecule has 2 rings (SSSR count). The number of carbonyl (C=O) groups excluding carboxylic acids is 1. The first-order valence-corrected chi connectivity index (χ1v) is 5.58. The number of hydrogen-bond donors (Lipinski definition) is 2. The van der Waals surface area contributed by atoms with Crippen molar-refractivity contribution < 1.29 is 4.79 Å². The molecule has 0 aliphatic carbocycles. The molecular formula is C11H12ClN5O. The van der Waals surface area contributed by atoms with E-state index in [2.05, 4.69) is 10.1 Å². The van der Waals surface area contributed by atoms with Crippen molar-refractivity contribution in [1.29, 1.82) is 0 Å². The van der Waals surface area contributed by atoms with Crippen LogP contribution in [0.5, 0.6) is 0 Å². The van der Waals surface area contributed by atoms with Gasteiger partial charge in [-0.15, -0.1) is 0 Å². The molecule has 0 unspecified atom stereocenters. The van der Waals surface area contributed by atoms with Gasteiger partial charge in [-0.25, -0.2) is 0 Å². The summed E-state index contributed by atoms with van der Waals surface area (Å²) in [4.78, 5) is 15.1. The zero-order chi connectivity index (χ0) is 13.3.